The summed E-state index contributed by atoms with van der Waals surface area (Å²) in [6, 6.07) is 4.54. The van der Waals surface area contributed by atoms with Gasteiger partial charge in [-0.25, -0.2) is 29.0 Å². The molecule has 1 saturated heterocycles. The number of aryl methyl sites for hydroxylation is 2. The molecule has 1 fully saturated rings. The van der Waals surface area contributed by atoms with E-state index in [1.165, 1.54) is 6.07 Å². The highest BCUT2D eigenvalue weighted by molar-refractivity contribution is 6.30. The topological polar surface area (TPSA) is 87.8 Å². The number of benzene rings is 1. The van der Waals surface area contributed by atoms with E-state index in [2.05, 4.69) is 15.1 Å². The maximum atomic E-state index is 14.9. The van der Waals surface area contributed by atoms with Gasteiger partial charge in [0.25, 0.3) is 0 Å². The lowest BCUT2D eigenvalue weighted by molar-refractivity contribution is 0.00384. The molecule has 0 N–H and O–H groups in total. The molecule has 5 rings (SSSR count). The van der Waals surface area contributed by atoms with E-state index in [9.17, 15) is 4.39 Å². The first-order valence-corrected chi connectivity index (χ1v) is 11.4. The van der Waals surface area contributed by atoms with Crippen molar-refractivity contribution in [2.24, 2.45) is 0 Å². The molecule has 10 heteroatoms. The summed E-state index contributed by atoms with van der Waals surface area (Å²) in [5.41, 5.74) is 4.15. The molecule has 2 unspecified atom stereocenters. The Balaban J connectivity index is 1.57. The molecular weight excluding hydrogens is 459 g/mol. The Morgan fingerprint density at radius 2 is 2.00 bits per heavy atom. The summed E-state index contributed by atoms with van der Waals surface area (Å²) in [6.07, 6.45) is 4.98. The molecule has 0 saturated carbocycles. The van der Waals surface area contributed by atoms with E-state index in [4.69, 9.17) is 31.0 Å². The zero-order chi connectivity index (χ0) is 23.8. The van der Waals surface area contributed by atoms with E-state index in [-0.39, 0.29) is 12.0 Å². The third-order valence-electron chi connectivity index (χ3n) is 6.08. The lowest BCUT2D eigenvalue weighted by atomic mass is 9.92. The van der Waals surface area contributed by atoms with Crippen molar-refractivity contribution in [1.82, 2.24) is 29.7 Å². The van der Waals surface area contributed by atoms with Gasteiger partial charge in [0.2, 0.25) is 0 Å². The zero-order valence-corrected chi connectivity index (χ0v) is 19.9. The second kappa shape index (κ2) is 9.32. The summed E-state index contributed by atoms with van der Waals surface area (Å²) >= 11 is 5.99. The van der Waals surface area contributed by atoms with Crippen LogP contribution in [0.1, 0.15) is 47.6 Å². The number of fused-ring (bicyclic) bond motifs is 1. The van der Waals surface area contributed by atoms with E-state index in [0.717, 1.165) is 23.4 Å². The number of aromatic nitrogens is 6. The molecule has 0 aliphatic carbocycles. The van der Waals surface area contributed by atoms with Crippen molar-refractivity contribution in [2.75, 3.05) is 13.7 Å². The number of ether oxygens (including phenoxy) is 2. The fraction of sp³-hybridized carbons (Fsp3) is 0.375. The number of methoxy groups -OCH3 is 1. The van der Waals surface area contributed by atoms with E-state index >= 15 is 0 Å². The summed E-state index contributed by atoms with van der Waals surface area (Å²) in [5, 5.41) is 4.64. The van der Waals surface area contributed by atoms with Crippen LogP contribution in [-0.2, 0) is 16.2 Å². The molecule has 0 amide bonds. The summed E-state index contributed by atoms with van der Waals surface area (Å²) in [7, 11) is 1.62. The van der Waals surface area contributed by atoms with Crippen molar-refractivity contribution < 1.29 is 13.9 Å². The second-order valence-corrected chi connectivity index (χ2v) is 8.87. The van der Waals surface area contributed by atoms with Crippen LogP contribution in [-0.4, -0.2) is 43.4 Å². The number of nitrogens with zero attached hydrogens (tertiary/aromatic N) is 6. The fourth-order valence-electron chi connectivity index (χ4n) is 4.19. The Hall–Kier alpha value is -3.01. The molecular formula is C24H24ClFN6O2. The van der Waals surface area contributed by atoms with Crippen molar-refractivity contribution in [3.8, 4) is 11.3 Å². The fourth-order valence-corrected chi connectivity index (χ4v) is 4.35. The van der Waals surface area contributed by atoms with Gasteiger partial charge in [-0.2, -0.15) is 5.10 Å². The van der Waals surface area contributed by atoms with Gasteiger partial charge in [-0.1, -0.05) is 11.6 Å². The van der Waals surface area contributed by atoms with Crippen LogP contribution in [0.25, 0.3) is 22.4 Å². The number of halogens is 2. The van der Waals surface area contributed by atoms with Crippen molar-refractivity contribution in [1.29, 1.82) is 0 Å². The van der Waals surface area contributed by atoms with Crippen LogP contribution in [0.2, 0.25) is 5.02 Å². The molecule has 8 nitrogen and oxygen atoms in total. The average Bonchev–Trinajstić information content (AvgIpc) is 3.29. The summed E-state index contributed by atoms with van der Waals surface area (Å²) in [6.45, 7) is 4.67. The first kappa shape index (κ1) is 22.8. The molecule has 1 aromatic carbocycles. The Kier molecular flexibility index (Phi) is 6.24. The van der Waals surface area contributed by atoms with Gasteiger partial charge < -0.3 is 9.47 Å². The van der Waals surface area contributed by atoms with E-state index in [0.29, 0.717) is 53.0 Å². The van der Waals surface area contributed by atoms with Crippen LogP contribution < -0.4 is 0 Å². The smallest absolute Gasteiger partial charge is 0.182 e. The Labute approximate surface area is 201 Å². The molecule has 0 spiro atoms. The third kappa shape index (κ3) is 4.38. The molecule has 176 valence electrons. The maximum Gasteiger partial charge on any atom is 0.182 e. The van der Waals surface area contributed by atoms with Crippen LogP contribution in [0.3, 0.4) is 0 Å². The highest BCUT2D eigenvalue weighted by atomic mass is 35.5. The minimum Gasteiger partial charge on any atom is -0.373 e. The Morgan fingerprint density at radius 1 is 1.18 bits per heavy atom. The molecule has 1 aliphatic rings. The van der Waals surface area contributed by atoms with Gasteiger partial charge in [0.05, 0.1) is 23.7 Å². The van der Waals surface area contributed by atoms with Crippen molar-refractivity contribution in [2.45, 2.75) is 45.4 Å². The minimum atomic E-state index is -0.464. The highest BCUT2D eigenvalue weighted by Gasteiger charge is 2.29. The highest BCUT2D eigenvalue weighted by Crippen LogP contribution is 2.38. The SMILES string of the molecule is COCn1cc(C2CC(c3nc(-c4ccc(Cl)cc4F)c4nc(C)c(C)nc4n3)CCO2)cn1. The van der Waals surface area contributed by atoms with Gasteiger partial charge in [-0.05, 0) is 44.9 Å². The molecule has 2 atom stereocenters. The monoisotopic (exact) mass is 482 g/mol. The van der Waals surface area contributed by atoms with Gasteiger partial charge in [-0.3, -0.25) is 0 Å². The molecule has 4 aromatic rings. The molecule has 1 aliphatic heterocycles. The van der Waals surface area contributed by atoms with Crippen molar-refractivity contribution >= 4 is 22.8 Å². The summed E-state index contributed by atoms with van der Waals surface area (Å²) in [5.74, 6) is 0.146. The predicted molar refractivity (Wildman–Crippen MR) is 125 cm³/mol. The zero-order valence-electron chi connectivity index (χ0n) is 19.1. The van der Waals surface area contributed by atoms with E-state index < -0.39 is 5.82 Å². The second-order valence-electron chi connectivity index (χ2n) is 8.43. The standard InChI is InChI=1S/C24H24ClFN6O2/c1-13-14(2)29-24-22(28-13)21(18-5-4-17(25)9-19(18)26)30-23(31-24)15-6-7-34-20(8-15)16-10-27-32(11-16)12-33-3/h4-5,9-11,15,20H,6-8,12H2,1-3H3. The Bertz CT molecular complexity index is 1360. The maximum absolute atomic E-state index is 14.9. The summed E-state index contributed by atoms with van der Waals surface area (Å²) in [4.78, 5) is 18.9. The van der Waals surface area contributed by atoms with Crippen molar-refractivity contribution in [3.05, 3.63) is 64.2 Å². The lowest BCUT2D eigenvalue weighted by Gasteiger charge is -2.28. The van der Waals surface area contributed by atoms with Crippen LogP contribution in [0, 0.1) is 19.7 Å². The van der Waals surface area contributed by atoms with Crippen LogP contribution in [0.4, 0.5) is 4.39 Å². The minimum absolute atomic E-state index is 0.00597. The van der Waals surface area contributed by atoms with E-state index in [1.807, 2.05) is 20.0 Å². The lowest BCUT2D eigenvalue weighted by Crippen LogP contribution is -2.20. The van der Waals surface area contributed by atoms with Gasteiger partial charge in [0, 0.05) is 42.0 Å². The van der Waals surface area contributed by atoms with Crippen LogP contribution in [0.5, 0.6) is 0 Å². The Morgan fingerprint density at radius 3 is 2.79 bits per heavy atom. The molecule has 0 bridgehead atoms. The first-order chi connectivity index (χ1) is 16.4. The quantitative estimate of drug-likeness (QED) is 0.398. The predicted octanol–water partition coefficient (Wildman–Crippen LogP) is 4.93. The number of rotatable bonds is 5. The van der Waals surface area contributed by atoms with Gasteiger partial charge >= 0.3 is 0 Å². The van der Waals surface area contributed by atoms with Crippen LogP contribution in [0.15, 0.2) is 30.6 Å². The molecule has 0 radical (unpaired) electrons. The molecule has 4 heterocycles. The molecule has 3 aromatic heterocycles. The number of hydrogen-bond donors (Lipinski definition) is 0. The van der Waals surface area contributed by atoms with Gasteiger partial charge in [0.1, 0.15) is 29.6 Å². The normalized spacial score (nSPS) is 18.5. The van der Waals surface area contributed by atoms with Gasteiger partial charge in [-0.15, -0.1) is 0 Å². The summed E-state index contributed by atoms with van der Waals surface area (Å²) < 4.78 is 27.8. The van der Waals surface area contributed by atoms with Crippen LogP contribution >= 0.6 is 11.6 Å². The number of hydrogen-bond acceptors (Lipinski definition) is 7. The molecule has 34 heavy (non-hydrogen) atoms. The van der Waals surface area contributed by atoms with Crippen molar-refractivity contribution in [3.63, 3.8) is 0 Å². The first-order valence-electron chi connectivity index (χ1n) is 11.0. The van der Waals surface area contributed by atoms with Gasteiger partial charge in [0.15, 0.2) is 5.65 Å². The largest absolute Gasteiger partial charge is 0.373 e. The van der Waals surface area contributed by atoms with E-state index in [1.54, 1.807) is 30.1 Å². The average molecular weight is 483 g/mol. The third-order valence-corrected chi connectivity index (χ3v) is 6.32.